The molecule has 120 valence electrons. The molecule has 1 unspecified atom stereocenters. The van der Waals surface area contributed by atoms with Crippen molar-refractivity contribution in [3.05, 3.63) is 40.0 Å². The number of thioether (sulfide) groups is 1. The number of hydrogen-bond acceptors (Lipinski definition) is 7. The lowest BCUT2D eigenvalue weighted by molar-refractivity contribution is -0.119. The maximum absolute atomic E-state index is 11.5. The zero-order valence-electron chi connectivity index (χ0n) is 11.4. The van der Waals surface area contributed by atoms with Crippen LogP contribution in [0.15, 0.2) is 22.6 Å². The van der Waals surface area contributed by atoms with Gasteiger partial charge in [0.25, 0.3) is 11.1 Å². The first-order chi connectivity index (χ1) is 11.0. The first-order valence-electron chi connectivity index (χ1n) is 6.42. The van der Waals surface area contributed by atoms with Crippen molar-refractivity contribution < 1.29 is 18.7 Å². The van der Waals surface area contributed by atoms with Gasteiger partial charge in [0.2, 0.25) is 11.8 Å². The highest BCUT2D eigenvalue weighted by Gasteiger charge is 2.33. The van der Waals surface area contributed by atoms with Crippen molar-refractivity contribution in [2.45, 2.75) is 18.3 Å². The summed E-state index contributed by atoms with van der Waals surface area (Å²) in [7, 11) is 0. The first-order valence-corrected chi connectivity index (χ1v) is 8.05. The van der Waals surface area contributed by atoms with E-state index in [9.17, 15) is 9.59 Å². The molecule has 0 aliphatic carbocycles. The Bertz CT molecular complexity index is 767. The predicted molar refractivity (Wildman–Crippen MR) is 83.7 cm³/mol. The molecule has 0 bridgehead atoms. The van der Waals surface area contributed by atoms with E-state index in [1.807, 2.05) is 0 Å². The maximum atomic E-state index is 11.5. The molecule has 2 heterocycles. The lowest BCUT2D eigenvalue weighted by Crippen LogP contribution is -2.25. The maximum Gasteiger partial charge on any atom is 0.286 e. The van der Waals surface area contributed by atoms with E-state index in [2.05, 4.69) is 15.5 Å². The summed E-state index contributed by atoms with van der Waals surface area (Å²) in [6, 6.07) is 4.84. The van der Waals surface area contributed by atoms with Crippen molar-refractivity contribution >= 4 is 46.1 Å². The summed E-state index contributed by atoms with van der Waals surface area (Å²) < 4.78 is 10.9. The molecule has 1 N–H and O–H groups in total. The molecule has 10 heteroatoms. The fourth-order valence-electron chi connectivity index (χ4n) is 1.85. The van der Waals surface area contributed by atoms with Gasteiger partial charge in [-0.3, -0.25) is 14.9 Å². The van der Waals surface area contributed by atoms with E-state index in [0.717, 1.165) is 11.8 Å². The summed E-state index contributed by atoms with van der Waals surface area (Å²) in [5.74, 6) is 0.574. The molecule has 23 heavy (non-hydrogen) atoms. The van der Waals surface area contributed by atoms with Crippen LogP contribution in [0.4, 0.5) is 4.79 Å². The molecule has 0 spiro atoms. The largest absolute Gasteiger partial charge is 0.482 e. The van der Waals surface area contributed by atoms with Crippen molar-refractivity contribution in [2.24, 2.45) is 0 Å². The third kappa shape index (κ3) is 3.95. The van der Waals surface area contributed by atoms with E-state index in [1.54, 1.807) is 18.2 Å². The third-order valence-electron chi connectivity index (χ3n) is 2.88. The SMILES string of the molecule is O=C1NC(=O)C(Cc2nnc(COc3ccc(Cl)cc3Cl)o2)S1. The molecule has 0 saturated carbocycles. The standard InChI is InChI=1S/C13H9Cl2N3O4S/c14-6-1-2-8(7(15)3-6)21-5-11-18-17-10(22-11)4-9-12(19)16-13(20)23-9/h1-3,9H,4-5H2,(H,16,19,20). The van der Waals surface area contributed by atoms with Gasteiger partial charge in [0.05, 0.1) is 5.02 Å². The van der Waals surface area contributed by atoms with Crippen LogP contribution >= 0.6 is 35.0 Å². The number of nitrogens with zero attached hydrogens (tertiary/aromatic N) is 2. The number of amides is 2. The summed E-state index contributed by atoms with van der Waals surface area (Å²) in [6.07, 6.45) is 0.178. The number of carbonyl (C=O) groups excluding carboxylic acids is 2. The van der Waals surface area contributed by atoms with Gasteiger partial charge >= 0.3 is 0 Å². The van der Waals surface area contributed by atoms with Crippen molar-refractivity contribution in [2.75, 3.05) is 0 Å². The highest BCUT2D eigenvalue weighted by molar-refractivity contribution is 8.15. The normalized spacial score (nSPS) is 17.4. The fraction of sp³-hybridized carbons (Fsp3) is 0.231. The Morgan fingerprint density at radius 2 is 2.04 bits per heavy atom. The minimum Gasteiger partial charge on any atom is -0.482 e. The lowest BCUT2D eigenvalue weighted by Gasteiger charge is -2.05. The summed E-state index contributed by atoms with van der Waals surface area (Å²) in [5.41, 5.74) is 0. The number of ether oxygens (including phenoxy) is 1. The quantitative estimate of drug-likeness (QED) is 0.860. The van der Waals surface area contributed by atoms with E-state index in [0.29, 0.717) is 15.8 Å². The zero-order valence-corrected chi connectivity index (χ0v) is 13.7. The van der Waals surface area contributed by atoms with Gasteiger partial charge in [-0.15, -0.1) is 10.2 Å². The molecule has 1 fully saturated rings. The van der Waals surface area contributed by atoms with Crippen LogP contribution in [0.3, 0.4) is 0 Å². The summed E-state index contributed by atoms with van der Waals surface area (Å²) in [5, 5.41) is 9.80. The Hall–Kier alpha value is -1.77. The van der Waals surface area contributed by atoms with Gasteiger partial charge in [-0.2, -0.15) is 0 Å². The number of hydrogen-bond donors (Lipinski definition) is 1. The third-order valence-corrected chi connectivity index (χ3v) is 4.39. The lowest BCUT2D eigenvalue weighted by atomic mass is 10.3. The Balaban J connectivity index is 1.59. The van der Waals surface area contributed by atoms with E-state index < -0.39 is 5.25 Å². The number of benzene rings is 1. The number of halogens is 2. The number of rotatable bonds is 5. The zero-order chi connectivity index (χ0) is 16.4. The Morgan fingerprint density at radius 3 is 2.74 bits per heavy atom. The van der Waals surface area contributed by atoms with Crippen LogP contribution in [0, 0.1) is 0 Å². The molecule has 1 atom stereocenters. The van der Waals surface area contributed by atoms with Crippen molar-refractivity contribution in [1.82, 2.24) is 15.5 Å². The van der Waals surface area contributed by atoms with Gasteiger partial charge in [-0.05, 0) is 18.2 Å². The van der Waals surface area contributed by atoms with Crippen molar-refractivity contribution in [1.29, 1.82) is 0 Å². The fourth-order valence-corrected chi connectivity index (χ4v) is 3.12. The minimum atomic E-state index is -0.553. The molecular weight excluding hydrogens is 365 g/mol. The van der Waals surface area contributed by atoms with Gasteiger partial charge in [-0.25, -0.2) is 0 Å². The Labute approximate surface area is 144 Å². The van der Waals surface area contributed by atoms with Crippen LogP contribution in [0.2, 0.25) is 10.0 Å². The Morgan fingerprint density at radius 1 is 1.26 bits per heavy atom. The van der Waals surface area contributed by atoms with Crippen LogP contribution < -0.4 is 10.1 Å². The average molecular weight is 374 g/mol. The van der Waals surface area contributed by atoms with Gasteiger partial charge < -0.3 is 9.15 Å². The molecule has 1 saturated heterocycles. The van der Waals surface area contributed by atoms with E-state index >= 15 is 0 Å². The van der Waals surface area contributed by atoms with E-state index in [-0.39, 0.29) is 36.0 Å². The van der Waals surface area contributed by atoms with Gasteiger partial charge in [0.1, 0.15) is 11.0 Å². The minimum absolute atomic E-state index is 0.0251. The summed E-state index contributed by atoms with van der Waals surface area (Å²) in [4.78, 5) is 22.6. The van der Waals surface area contributed by atoms with Crippen LogP contribution in [0.1, 0.15) is 11.8 Å². The van der Waals surface area contributed by atoms with Crippen LogP contribution in [0.25, 0.3) is 0 Å². The molecule has 1 aliphatic rings. The van der Waals surface area contributed by atoms with E-state index in [4.69, 9.17) is 32.4 Å². The van der Waals surface area contributed by atoms with Crippen LogP contribution in [-0.4, -0.2) is 26.6 Å². The summed E-state index contributed by atoms with van der Waals surface area (Å²) >= 11 is 12.7. The molecule has 2 aromatic rings. The van der Waals surface area contributed by atoms with Crippen molar-refractivity contribution in [3.8, 4) is 5.75 Å². The second-order valence-electron chi connectivity index (χ2n) is 4.54. The molecule has 7 nitrogen and oxygen atoms in total. The van der Waals surface area contributed by atoms with Gasteiger partial charge in [0, 0.05) is 11.4 Å². The molecule has 1 aliphatic heterocycles. The molecule has 0 radical (unpaired) electrons. The molecular formula is C13H9Cl2N3O4S. The summed E-state index contributed by atoms with van der Waals surface area (Å²) in [6.45, 7) is 0.0251. The number of carbonyl (C=O) groups is 2. The monoisotopic (exact) mass is 373 g/mol. The highest BCUT2D eigenvalue weighted by Crippen LogP contribution is 2.28. The van der Waals surface area contributed by atoms with Gasteiger partial charge in [0.15, 0.2) is 6.61 Å². The van der Waals surface area contributed by atoms with Gasteiger partial charge in [-0.1, -0.05) is 35.0 Å². The average Bonchev–Trinajstić information content (AvgIpc) is 3.05. The topological polar surface area (TPSA) is 94.3 Å². The molecule has 1 aromatic carbocycles. The first kappa shape index (κ1) is 16.1. The number of nitrogens with one attached hydrogen (secondary N) is 1. The molecule has 3 rings (SSSR count). The molecule has 1 aromatic heterocycles. The van der Waals surface area contributed by atoms with Crippen molar-refractivity contribution in [3.63, 3.8) is 0 Å². The van der Waals surface area contributed by atoms with Crippen LogP contribution in [0.5, 0.6) is 5.75 Å². The highest BCUT2D eigenvalue weighted by atomic mass is 35.5. The van der Waals surface area contributed by atoms with Crippen LogP contribution in [-0.2, 0) is 17.8 Å². The Kier molecular flexibility index (Phi) is 4.74. The smallest absolute Gasteiger partial charge is 0.286 e. The molecule has 2 amide bonds. The second kappa shape index (κ2) is 6.77. The predicted octanol–water partition coefficient (Wildman–Crippen LogP) is 2.85. The van der Waals surface area contributed by atoms with E-state index in [1.165, 1.54) is 0 Å². The number of aromatic nitrogens is 2. The second-order valence-corrected chi connectivity index (χ2v) is 6.56. The number of imide groups is 1.